The van der Waals surface area contributed by atoms with Crippen LogP contribution in [0.5, 0.6) is 0 Å². The molecule has 1 aromatic heterocycles. The summed E-state index contributed by atoms with van der Waals surface area (Å²) in [5, 5.41) is 3.62. The number of aryl methyl sites for hydroxylation is 2. The Bertz CT molecular complexity index is 480. The molecule has 0 saturated heterocycles. The minimum absolute atomic E-state index is 0.0937. The third kappa shape index (κ3) is 2.47. The van der Waals surface area contributed by atoms with Crippen LogP contribution in [0.25, 0.3) is 0 Å². The van der Waals surface area contributed by atoms with Crippen molar-refractivity contribution in [3.63, 3.8) is 0 Å². The predicted octanol–water partition coefficient (Wildman–Crippen LogP) is 2.69. The van der Waals surface area contributed by atoms with E-state index in [2.05, 4.69) is 5.10 Å². The molecule has 0 aliphatic rings. The van der Waals surface area contributed by atoms with E-state index in [1.165, 1.54) is 14.0 Å². The van der Waals surface area contributed by atoms with Gasteiger partial charge >= 0.3 is 12.1 Å². The monoisotopic (exact) mass is 290 g/mol. The van der Waals surface area contributed by atoms with Crippen molar-refractivity contribution in [3.8, 4) is 0 Å². The summed E-state index contributed by atoms with van der Waals surface area (Å²) in [6.07, 6.45) is -7.05. The molecule has 102 valence electrons. The van der Waals surface area contributed by atoms with Crippen LogP contribution in [0, 0.1) is 6.92 Å². The van der Waals surface area contributed by atoms with Crippen LogP contribution < -0.4 is 0 Å². The number of carbonyl (C=O) groups excluding carboxylic acids is 1. The minimum atomic E-state index is -5.91. The maximum Gasteiger partial charge on any atom is 0.461 e. The van der Waals surface area contributed by atoms with Gasteiger partial charge in [0.05, 0.1) is 22.8 Å². The van der Waals surface area contributed by atoms with Crippen LogP contribution in [0.3, 0.4) is 0 Å². The van der Waals surface area contributed by atoms with Gasteiger partial charge in [-0.1, -0.05) is 11.6 Å². The van der Waals surface area contributed by atoms with Crippen molar-refractivity contribution in [3.05, 3.63) is 16.4 Å². The molecule has 0 atom stereocenters. The van der Waals surface area contributed by atoms with Gasteiger partial charge < -0.3 is 0 Å². The lowest BCUT2D eigenvalue weighted by atomic mass is 10.1. The molecule has 0 unspecified atom stereocenters. The standard InChI is InChI=1S/C9H8ClF5N2O/c1-4-7(10)5(17(2)16-4)3-6(18)8(11,12)9(13,14)15/h3H2,1-2H3. The lowest BCUT2D eigenvalue weighted by Gasteiger charge is -2.18. The Kier molecular flexibility index (Phi) is 3.71. The number of hydrogen-bond acceptors (Lipinski definition) is 2. The van der Waals surface area contributed by atoms with Crippen LogP contribution >= 0.6 is 11.6 Å². The van der Waals surface area contributed by atoms with Crippen LogP contribution in [0.1, 0.15) is 11.4 Å². The first-order valence-electron chi connectivity index (χ1n) is 4.64. The van der Waals surface area contributed by atoms with E-state index in [9.17, 15) is 26.7 Å². The van der Waals surface area contributed by atoms with Crippen molar-refractivity contribution < 1.29 is 26.7 Å². The molecule has 0 bridgehead atoms. The van der Waals surface area contributed by atoms with Gasteiger partial charge in [0.2, 0.25) is 5.78 Å². The van der Waals surface area contributed by atoms with Gasteiger partial charge in [-0.25, -0.2) is 0 Å². The molecule has 0 amide bonds. The zero-order chi connectivity index (χ0) is 14.3. The number of alkyl halides is 5. The van der Waals surface area contributed by atoms with E-state index in [1.54, 1.807) is 0 Å². The zero-order valence-corrected chi connectivity index (χ0v) is 10.0. The van der Waals surface area contributed by atoms with Gasteiger partial charge in [0.15, 0.2) is 0 Å². The number of hydrogen-bond donors (Lipinski definition) is 0. The maximum absolute atomic E-state index is 12.7. The number of rotatable bonds is 3. The minimum Gasteiger partial charge on any atom is -0.292 e. The topological polar surface area (TPSA) is 34.9 Å². The zero-order valence-electron chi connectivity index (χ0n) is 9.28. The Morgan fingerprint density at radius 2 is 1.83 bits per heavy atom. The SMILES string of the molecule is Cc1nn(C)c(CC(=O)C(F)(F)C(F)(F)F)c1Cl. The molecule has 0 fully saturated rings. The summed E-state index contributed by atoms with van der Waals surface area (Å²) in [4.78, 5) is 11.0. The fourth-order valence-corrected chi connectivity index (χ4v) is 1.52. The normalized spacial score (nSPS) is 12.9. The van der Waals surface area contributed by atoms with Crippen LogP contribution in [0.2, 0.25) is 5.02 Å². The largest absolute Gasteiger partial charge is 0.461 e. The maximum atomic E-state index is 12.7. The van der Waals surface area contributed by atoms with Crippen molar-refractivity contribution in [1.82, 2.24) is 9.78 Å². The summed E-state index contributed by atoms with van der Waals surface area (Å²) in [6, 6.07) is 0. The van der Waals surface area contributed by atoms with E-state index in [1.807, 2.05) is 0 Å². The Labute approximate surface area is 104 Å². The highest BCUT2D eigenvalue weighted by molar-refractivity contribution is 6.32. The average molecular weight is 291 g/mol. The third-order valence-corrected chi connectivity index (χ3v) is 2.79. The Balaban J connectivity index is 3.02. The van der Waals surface area contributed by atoms with Crippen molar-refractivity contribution in [2.75, 3.05) is 0 Å². The summed E-state index contributed by atoms with van der Waals surface area (Å²) in [6.45, 7) is 1.44. The Morgan fingerprint density at radius 1 is 1.33 bits per heavy atom. The van der Waals surface area contributed by atoms with Gasteiger partial charge in [0.1, 0.15) is 0 Å². The van der Waals surface area contributed by atoms with Crippen LogP contribution in [0.15, 0.2) is 0 Å². The van der Waals surface area contributed by atoms with E-state index in [0.29, 0.717) is 0 Å². The molecule has 0 aliphatic carbocycles. The van der Waals surface area contributed by atoms with Crippen LogP contribution in [0.4, 0.5) is 22.0 Å². The molecular weight excluding hydrogens is 283 g/mol. The third-order valence-electron chi connectivity index (χ3n) is 2.30. The van der Waals surface area contributed by atoms with Crippen molar-refractivity contribution in [2.45, 2.75) is 25.4 Å². The molecule has 0 radical (unpaired) electrons. The molecule has 0 saturated carbocycles. The highest BCUT2D eigenvalue weighted by Gasteiger charge is 2.62. The fraction of sp³-hybridized carbons (Fsp3) is 0.556. The van der Waals surface area contributed by atoms with Crippen LogP contribution in [-0.4, -0.2) is 27.7 Å². The van der Waals surface area contributed by atoms with Crippen molar-refractivity contribution in [1.29, 1.82) is 0 Å². The van der Waals surface area contributed by atoms with Crippen molar-refractivity contribution in [2.24, 2.45) is 7.05 Å². The molecule has 9 heteroatoms. The summed E-state index contributed by atoms with van der Waals surface area (Å²) < 4.78 is 62.4. The highest BCUT2D eigenvalue weighted by Crippen LogP contribution is 2.37. The van der Waals surface area contributed by atoms with Gasteiger partial charge in [-0.3, -0.25) is 9.48 Å². The van der Waals surface area contributed by atoms with E-state index < -0.39 is 24.3 Å². The molecule has 1 aromatic rings. The van der Waals surface area contributed by atoms with Gasteiger partial charge in [0.25, 0.3) is 0 Å². The van der Waals surface area contributed by atoms with E-state index in [4.69, 9.17) is 11.6 Å². The first-order valence-corrected chi connectivity index (χ1v) is 5.02. The highest BCUT2D eigenvalue weighted by atomic mass is 35.5. The van der Waals surface area contributed by atoms with Crippen molar-refractivity contribution >= 4 is 17.4 Å². The van der Waals surface area contributed by atoms with Gasteiger partial charge in [-0.05, 0) is 6.92 Å². The number of ketones is 1. The lowest BCUT2D eigenvalue weighted by Crippen LogP contribution is -2.45. The van der Waals surface area contributed by atoms with E-state index in [-0.39, 0.29) is 16.4 Å². The number of carbonyl (C=O) groups is 1. The summed E-state index contributed by atoms with van der Waals surface area (Å²) >= 11 is 5.66. The molecule has 0 spiro atoms. The molecule has 3 nitrogen and oxygen atoms in total. The van der Waals surface area contributed by atoms with Gasteiger partial charge in [-0.15, -0.1) is 0 Å². The number of Topliss-reactive ketones (excluding diaryl/α,β-unsaturated/α-hetero) is 1. The summed E-state index contributed by atoms with van der Waals surface area (Å²) in [5.74, 6) is -7.66. The number of aromatic nitrogens is 2. The van der Waals surface area contributed by atoms with E-state index >= 15 is 0 Å². The Hall–Kier alpha value is -1.18. The molecule has 1 rings (SSSR count). The predicted molar refractivity (Wildman–Crippen MR) is 52.7 cm³/mol. The summed E-state index contributed by atoms with van der Waals surface area (Å²) in [5.41, 5.74) is 0.0698. The van der Waals surface area contributed by atoms with Gasteiger partial charge in [0, 0.05) is 7.05 Å². The van der Waals surface area contributed by atoms with Crippen LogP contribution in [-0.2, 0) is 18.3 Å². The molecular formula is C9H8ClF5N2O. The smallest absolute Gasteiger partial charge is 0.292 e. The summed E-state index contributed by atoms with van der Waals surface area (Å²) in [7, 11) is 1.30. The second-order valence-electron chi connectivity index (χ2n) is 3.64. The number of nitrogens with zero attached hydrogens (tertiary/aromatic N) is 2. The second kappa shape index (κ2) is 4.49. The fourth-order valence-electron chi connectivity index (χ4n) is 1.29. The molecule has 0 aromatic carbocycles. The number of halogens is 6. The average Bonchev–Trinajstić information content (AvgIpc) is 2.43. The van der Waals surface area contributed by atoms with E-state index in [0.717, 1.165) is 4.68 Å². The molecule has 18 heavy (non-hydrogen) atoms. The second-order valence-corrected chi connectivity index (χ2v) is 4.02. The Morgan fingerprint density at radius 3 is 2.17 bits per heavy atom. The first-order chi connectivity index (χ1) is 7.98. The lowest BCUT2D eigenvalue weighted by molar-refractivity contribution is -0.268. The molecule has 1 heterocycles. The van der Waals surface area contributed by atoms with Gasteiger partial charge in [-0.2, -0.15) is 27.1 Å². The molecule has 0 N–H and O–H groups in total. The first kappa shape index (κ1) is 14.9. The quantitative estimate of drug-likeness (QED) is 0.802. The molecule has 0 aliphatic heterocycles.